The summed E-state index contributed by atoms with van der Waals surface area (Å²) in [5, 5.41) is 12.0. The molecule has 6 nitrogen and oxygen atoms in total. The van der Waals surface area contributed by atoms with Crippen molar-refractivity contribution in [3.05, 3.63) is 41.8 Å². The largest absolute Gasteiger partial charge is 0.497 e. The zero-order chi connectivity index (χ0) is 16.1. The Morgan fingerprint density at radius 1 is 1.22 bits per heavy atom. The highest BCUT2D eigenvalue weighted by molar-refractivity contribution is 5.62. The van der Waals surface area contributed by atoms with Gasteiger partial charge in [-0.25, -0.2) is 0 Å². The Morgan fingerprint density at radius 3 is 2.78 bits per heavy atom. The van der Waals surface area contributed by atoms with Crippen LogP contribution in [0.3, 0.4) is 0 Å². The molecule has 0 aromatic heterocycles. The van der Waals surface area contributed by atoms with Gasteiger partial charge in [0.1, 0.15) is 18.0 Å². The van der Waals surface area contributed by atoms with Crippen LogP contribution in [-0.4, -0.2) is 39.9 Å². The fraction of sp³-hybridized carbons (Fsp3) is 0.412. The van der Waals surface area contributed by atoms with Crippen LogP contribution in [0.15, 0.2) is 52.0 Å². The van der Waals surface area contributed by atoms with Gasteiger partial charge in [-0.05, 0) is 24.6 Å². The smallest absolute Gasteiger partial charge is 0.148 e. The van der Waals surface area contributed by atoms with Crippen molar-refractivity contribution in [2.24, 2.45) is 10.2 Å². The summed E-state index contributed by atoms with van der Waals surface area (Å²) in [7, 11) is 1.66. The summed E-state index contributed by atoms with van der Waals surface area (Å²) in [6.07, 6.45) is 3.47. The van der Waals surface area contributed by atoms with Gasteiger partial charge >= 0.3 is 0 Å². The van der Waals surface area contributed by atoms with Crippen LogP contribution in [0.5, 0.6) is 5.75 Å². The first-order valence-corrected chi connectivity index (χ1v) is 7.81. The molecule has 1 aromatic carbocycles. The van der Waals surface area contributed by atoms with Crippen molar-refractivity contribution in [2.45, 2.75) is 6.92 Å². The molecule has 2 aliphatic heterocycles. The lowest BCUT2D eigenvalue weighted by atomic mass is 10.2. The molecule has 0 radical (unpaired) electrons. The van der Waals surface area contributed by atoms with Crippen LogP contribution < -0.4 is 15.0 Å². The van der Waals surface area contributed by atoms with Crippen molar-refractivity contribution in [3.8, 4) is 5.75 Å². The van der Waals surface area contributed by atoms with Gasteiger partial charge in [0.15, 0.2) is 0 Å². The Bertz CT molecular complexity index is 646. The maximum absolute atomic E-state index is 5.49. The van der Waals surface area contributed by atoms with Crippen molar-refractivity contribution >= 4 is 11.4 Å². The van der Waals surface area contributed by atoms with E-state index in [0.29, 0.717) is 6.61 Å². The number of azo groups is 1. The maximum atomic E-state index is 5.49. The number of nitrogens with zero attached hydrogens (tertiary/aromatic N) is 3. The minimum absolute atomic E-state index is 0.559. The fourth-order valence-electron chi connectivity index (χ4n) is 2.60. The minimum atomic E-state index is 0.559. The van der Waals surface area contributed by atoms with E-state index in [9.17, 15) is 0 Å². The normalized spacial score (nSPS) is 18.4. The first kappa shape index (κ1) is 15.6. The fourth-order valence-corrected chi connectivity index (χ4v) is 2.60. The summed E-state index contributed by atoms with van der Waals surface area (Å²) >= 11 is 0. The number of anilines is 1. The Morgan fingerprint density at radius 2 is 2.04 bits per heavy atom. The Labute approximate surface area is 136 Å². The third kappa shape index (κ3) is 3.71. The predicted octanol–water partition coefficient (Wildman–Crippen LogP) is 3.01. The SMILES string of the molecule is COc1cc(N2CCNCC2)ccc1N=NC1=C(C)COC=C1. The molecule has 0 unspecified atom stereocenters. The number of rotatable bonds is 4. The number of piperazine rings is 1. The van der Waals surface area contributed by atoms with Gasteiger partial charge < -0.3 is 19.7 Å². The maximum Gasteiger partial charge on any atom is 0.148 e. The Kier molecular flexibility index (Phi) is 4.92. The third-order valence-electron chi connectivity index (χ3n) is 3.97. The molecule has 0 amide bonds. The van der Waals surface area contributed by atoms with Crippen LogP contribution in [0.1, 0.15) is 6.92 Å². The summed E-state index contributed by atoms with van der Waals surface area (Å²) in [5.41, 5.74) is 3.78. The van der Waals surface area contributed by atoms with Crippen LogP contribution in [0.4, 0.5) is 11.4 Å². The van der Waals surface area contributed by atoms with E-state index in [0.717, 1.165) is 54.6 Å². The molecule has 23 heavy (non-hydrogen) atoms. The molecule has 122 valence electrons. The van der Waals surface area contributed by atoms with Crippen molar-refractivity contribution in [1.29, 1.82) is 0 Å². The molecule has 2 heterocycles. The van der Waals surface area contributed by atoms with Crippen molar-refractivity contribution in [2.75, 3.05) is 44.8 Å². The molecule has 0 bridgehead atoms. The van der Waals surface area contributed by atoms with Crippen molar-refractivity contribution in [1.82, 2.24) is 5.32 Å². The molecule has 1 fully saturated rings. The molecular formula is C17H22N4O2. The number of allylic oxidation sites excluding steroid dienone is 1. The highest BCUT2D eigenvalue weighted by Gasteiger charge is 2.13. The van der Waals surface area contributed by atoms with Crippen molar-refractivity contribution < 1.29 is 9.47 Å². The lowest BCUT2D eigenvalue weighted by Crippen LogP contribution is -2.43. The number of hydrogen-bond acceptors (Lipinski definition) is 6. The van der Waals surface area contributed by atoms with E-state index in [1.807, 2.05) is 25.1 Å². The second-order valence-electron chi connectivity index (χ2n) is 5.57. The molecule has 6 heteroatoms. The summed E-state index contributed by atoms with van der Waals surface area (Å²) in [6, 6.07) is 6.06. The number of nitrogens with one attached hydrogen (secondary N) is 1. The lowest BCUT2D eigenvalue weighted by Gasteiger charge is -2.29. The molecule has 0 saturated carbocycles. The van der Waals surface area contributed by atoms with Crippen LogP contribution in [0.25, 0.3) is 0 Å². The molecule has 1 saturated heterocycles. The van der Waals surface area contributed by atoms with Gasteiger partial charge in [-0.2, -0.15) is 5.11 Å². The highest BCUT2D eigenvalue weighted by atomic mass is 16.5. The topological polar surface area (TPSA) is 58.5 Å². The van der Waals surface area contributed by atoms with Gasteiger partial charge in [0, 0.05) is 44.0 Å². The van der Waals surface area contributed by atoms with Crippen LogP contribution in [-0.2, 0) is 4.74 Å². The number of hydrogen-bond donors (Lipinski definition) is 1. The van der Waals surface area contributed by atoms with Gasteiger partial charge in [-0.1, -0.05) is 0 Å². The average molecular weight is 314 g/mol. The summed E-state index contributed by atoms with van der Waals surface area (Å²) in [6.45, 7) is 6.56. The molecule has 1 aromatic rings. The van der Waals surface area contributed by atoms with Crippen molar-refractivity contribution in [3.63, 3.8) is 0 Å². The van der Waals surface area contributed by atoms with E-state index in [-0.39, 0.29) is 0 Å². The second-order valence-corrected chi connectivity index (χ2v) is 5.57. The van der Waals surface area contributed by atoms with Gasteiger partial charge in [-0.3, -0.25) is 0 Å². The standard InChI is InChI=1S/C17H22N4O2/c1-13-12-23-10-5-15(13)19-20-16-4-3-14(11-17(16)22-2)21-8-6-18-7-9-21/h3-5,10-11,18H,6-9,12H2,1-2H3. The quantitative estimate of drug-likeness (QED) is 0.868. The molecule has 1 N–H and O–H groups in total. The number of benzene rings is 1. The van der Waals surface area contributed by atoms with E-state index in [4.69, 9.17) is 9.47 Å². The summed E-state index contributed by atoms with van der Waals surface area (Å²) in [5.74, 6) is 0.735. The first-order chi connectivity index (χ1) is 11.3. The average Bonchev–Trinajstić information content (AvgIpc) is 2.61. The molecule has 2 aliphatic rings. The minimum Gasteiger partial charge on any atom is -0.497 e. The van der Waals surface area contributed by atoms with Crippen LogP contribution in [0.2, 0.25) is 0 Å². The Hall–Kier alpha value is -2.34. The van der Waals surface area contributed by atoms with Gasteiger partial charge in [0.2, 0.25) is 0 Å². The third-order valence-corrected chi connectivity index (χ3v) is 3.97. The zero-order valence-corrected chi connectivity index (χ0v) is 13.6. The first-order valence-electron chi connectivity index (χ1n) is 7.81. The highest BCUT2D eigenvalue weighted by Crippen LogP contribution is 2.33. The number of methoxy groups -OCH3 is 1. The Balaban J connectivity index is 1.81. The molecule has 3 rings (SSSR count). The molecule has 0 spiro atoms. The van der Waals surface area contributed by atoms with E-state index in [2.05, 4.69) is 26.5 Å². The van der Waals surface area contributed by atoms with E-state index < -0.39 is 0 Å². The number of ether oxygens (including phenoxy) is 2. The van der Waals surface area contributed by atoms with Gasteiger partial charge in [-0.15, -0.1) is 5.11 Å². The molecule has 0 atom stereocenters. The van der Waals surface area contributed by atoms with E-state index in [1.54, 1.807) is 13.4 Å². The summed E-state index contributed by atoms with van der Waals surface area (Å²) in [4.78, 5) is 2.34. The van der Waals surface area contributed by atoms with E-state index in [1.165, 1.54) is 0 Å². The monoisotopic (exact) mass is 314 g/mol. The summed E-state index contributed by atoms with van der Waals surface area (Å²) < 4.78 is 10.7. The molecular weight excluding hydrogens is 292 g/mol. The second kappa shape index (κ2) is 7.28. The van der Waals surface area contributed by atoms with Crippen LogP contribution in [0, 0.1) is 0 Å². The van der Waals surface area contributed by atoms with Gasteiger partial charge in [0.05, 0.1) is 19.1 Å². The van der Waals surface area contributed by atoms with E-state index >= 15 is 0 Å². The molecule has 0 aliphatic carbocycles. The predicted molar refractivity (Wildman–Crippen MR) is 90.4 cm³/mol. The lowest BCUT2D eigenvalue weighted by molar-refractivity contribution is 0.273. The zero-order valence-electron chi connectivity index (χ0n) is 13.6. The van der Waals surface area contributed by atoms with Gasteiger partial charge in [0.25, 0.3) is 0 Å². The van der Waals surface area contributed by atoms with Crippen LogP contribution >= 0.6 is 0 Å².